The number of rotatable bonds is 56. The monoisotopic (exact) mass is 1090 g/mol. The molecule has 0 aliphatic carbocycles. The molecule has 18 atom stereocenters. The van der Waals surface area contributed by atoms with E-state index in [-0.39, 0.29) is 24.8 Å². The lowest BCUT2D eigenvalue weighted by Crippen LogP contribution is -2.28. The maximum atomic E-state index is 9.83. The van der Waals surface area contributed by atoms with Gasteiger partial charge in [-0.2, -0.15) is 0 Å². The van der Waals surface area contributed by atoms with Crippen LogP contribution >= 0.6 is 0 Å². The Hall–Kier alpha value is -0.200. The molecule has 5 heteroatoms. The summed E-state index contributed by atoms with van der Waals surface area (Å²) in [6, 6.07) is 0. The second kappa shape index (κ2) is 49.2. The van der Waals surface area contributed by atoms with E-state index in [0.717, 1.165) is 124 Å². The first-order valence-electron chi connectivity index (χ1n) is 34.8. The van der Waals surface area contributed by atoms with Crippen LogP contribution in [0.1, 0.15) is 343 Å². The Kier molecular flexibility index (Phi) is 49.1. The summed E-state index contributed by atoms with van der Waals surface area (Å²) in [5, 5.41) is 19.7. The second-order valence-corrected chi connectivity index (χ2v) is 29.3. The highest BCUT2D eigenvalue weighted by Crippen LogP contribution is 2.34. The quantitative estimate of drug-likeness (QED) is 0.0469. The lowest BCUT2D eigenvalue weighted by atomic mass is 9.80. The molecule has 0 fully saturated rings. The van der Waals surface area contributed by atoms with Crippen molar-refractivity contribution in [3.05, 3.63) is 0 Å². The lowest BCUT2D eigenvalue weighted by Gasteiger charge is -2.27. The Morgan fingerprint density at radius 2 is 0.442 bits per heavy atom. The Morgan fingerprint density at radius 1 is 0.234 bits per heavy atom. The molecule has 77 heavy (non-hydrogen) atoms. The Labute approximate surface area is 486 Å². The van der Waals surface area contributed by atoms with Crippen LogP contribution in [-0.4, -0.2) is 48.2 Å². The summed E-state index contributed by atoms with van der Waals surface area (Å²) in [5.41, 5.74) is 0. The topological polar surface area (TPSA) is 68.2 Å². The fraction of sp³-hybridized carbons (Fsp3) is 1.00. The smallest absolute Gasteiger partial charge is 0.160 e. The number of hydrogen-bond acceptors (Lipinski definition) is 5. The van der Waals surface area contributed by atoms with Crippen LogP contribution in [0.4, 0.5) is 0 Å². The number of aliphatic hydroxyl groups excluding tert-OH is 2. The van der Waals surface area contributed by atoms with Gasteiger partial charge in [-0.3, -0.25) is 0 Å². The van der Waals surface area contributed by atoms with E-state index in [2.05, 4.69) is 111 Å². The van der Waals surface area contributed by atoms with E-state index >= 15 is 0 Å². The fourth-order valence-corrected chi connectivity index (χ4v) is 15.2. The zero-order valence-electron chi connectivity index (χ0n) is 56.0. The van der Waals surface area contributed by atoms with Gasteiger partial charge in [0.05, 0.1) is 12.2 Å². The minimum atomic E-state index is -0.185. The van der Waals surface area contributed by atoms with E-state index in [4.69, 9.17) is 14.2 Å². The van der Waals surface area contributed by atoms with Crippen molar-refractivity contribution < 1.29 is 24.4 Å². The summed E-state index contributed by atoms with van der Waals surface area (Å²) in [6.07, 6.45) is 41.7. The Morgan fingerprint density at radius 3 is 0.675 bits per heavy atom. The summed E-state index contributed by atoms with van der Waals surface area (Å²) in [7, 11) is 0. The SMILES string of the molecule is CCCCCCCCCOC(CCCC(C)CC(C)CC(C)CC(C)CC(C)CC(C)CC(C)CC(C)O)OC(CCCC(C)CC(C)CC(C)CC(C)CC(C)CC(C)CC(C)CC(C)O)OCCCCCCCCC. The van der Waals surface area contributed by atoms with Gasteiger partial charge in [0.25, 0.3) is 0 Å². The number of ether oxygens (including phenoxy) is 3. The predicted molar refractivity (Wildman–Crippen MR) is 341 cm³/mol. The molecule has 0 aliphatic heterocycles. The van der Waals surface area contributed by atoms with Crippen LogP contribution in [0.3, 0.4) is 0 Å². The zero-order valence-corrected chi connectivity index (χ0v) is 56.0. The maximum Gasteiger partial charge on any atom is 0.160 e. The minimum absolute atomic E-state index is 0.184. The van der Waals surface area contributed by atoms with Crippen LogP contribution in [0, 0.1) is 82.9 Å². The molecule has 18 unspecified atom stereocenters. The van der Waals surface area contributed by atoms with Gasteiger partial charge in [-0.25, -0.2) is 0 Å². The summed E-state index contributed by atoms with van der Waals surface area (Å²) in [6.45, 7) is 44.5. The van der Waals surface area contributed by atoms with Gasteiger partial charge < -0.3 is 24.4 Å². The largest absolute Gasteiger partial charge is 0.393 e. The summed E-state index contributed by atoms with van der Waals surface area (Å²) < 4.78 is 20.4. The normalized spacial score (nSPS) is 19.5. The van der Waals surface area contributed by atoms with Crippen LogP contribution < -0.4 is 0 Å². The summed E-state index contributed by atoms with van der Waals surface area (Å²) in [4.78, 5) is 0. The molecule has 0 heterocycles. The molecule has 0 bridgehead atoms. The Bertz CT molecular complexity index is 1150. The molecule has 0 rings (SSSR count). The van der Waals surface area contributed by atoms with E-state index in [0.29, 0.717) is 23.7 Å². The second-order valence-electron chi connectivity index (χ2n) is 29.3. The number of aliphatic hydroxyl groups is 2. The summed E-state index contributed by atoms with van der Waals surface area (Å²) in [5.74, 6) is 10.2. The van der Waals surface area contributed by atoms with E-state index < -0.39 is 0 Å². The van der Waals surface area contributed by atoms with Crippen molar-refractivity contribution in [2.75, 3.05) is 13.2 Å². The third-order valence-electron chi connectivity index (χ3n) is 17.8. The van der Waals surface area contributed by atoms with Gasteiger partial charge >= 0.3 is 0 Å². The average Bonchev–Trinajstić information content (AvgIpc) is 3.29. The number of unbranched alkanes of at least 4 members (excludes halogenated alkanes) is 12. The van der Waals surface area contributed by atoms with Crippen LogP contribution in [0.2, 0.25) is 0 Å². The maximum absolute atomic E-state index is 9.83. The highest BCUT2D eigenvalue weighted by molar-refractivity contribution is 4.73. The molecule has 0 aliphatic rings. The molecule has 0 aromatic rings. The van der Waals surface area contributed by atoms with Crippen LogP contribution in [-0.2, 0) is 14.2 Å². The van der Waals surface area contributed by atoms with Crippen molar-refractivity contribution in [3.8, 4) is 0 Å². The highest BCUT2D eigenvalue weighted by atomic mass is 16.8. The molecule has 0 aromatic carbocycles. The van der Waals surface area contributed by atoms with Gasteiger partial charge in [-0.15, -0.1) is 0 Å². The molecule has 0 aromatic heterocycles. The minimum Gasteiger partial charge on any atom is -0.393 e. The standard InChI is InChI=1S/C72H146O5/c1-19-21-23-25-27-29-31-39-75-71(37-33-35-55(3)41-57(5)43-59(7)45-61(9)47-63(11)49-65(13)51-67(15)53-69(17)73)77-72(76-40-32-30-28-26-24-22-20-2)38-34-36-56(4)42-58(6)44-60(8)46-62(10)48-64(12)50-66(14)52-68(16)54-70(18)74/h55-74H,19-54H2,1-18H3. The highest BCUT2D eigenvalue weighted by Gasteiger charge is 2.23. The molecule has 0 radical (unpaired) electrons. The van der Waals surface area contributed by atoms with Crippen molar-refractivity contribution >= 4 is 0 Å². The molecule has 0 amide bonds. The summed E-state index contributed by atoms with van der Waals surface area (Å²) >= 11 is 0. The van der Waals surface area contributed by atoms with E-state index in [1.807, 2.05) is 13.8 Å². The molecule has 0 saturated heterocycles. The van der Waals surface area contributed by atoms with Gasteiger partial charge in [0, 0.05) is 13.2 Å². The van der Waals surface area contributed by atoms with Crippen LogP contribution in [0.5, 0.6) is 0 Å². The molecular formula is C72H146O5. The zero-order chi connectivity index (χ0) is 58.0. The molecule has 5 nitrogen and oxygen atoms in total. The predicted octanol–water partition coefficient (Wildman–Crippen LogP) is 22.7. The van der Waals surface area contributed by atoms with Gasteiger partial charge in [0.1, 0.15) is 0 Å². The van der Waals surface area contributed by atoms with Gasteiger partial charge in [0.15, 0.2) is 12.6 Å². The van der Waals surface area contributed by atoms with Crippen LogP contribution in [0.25, 0.3) is 0 Å². The van der Waals surface area contributed by atoms with Crippen molar-refractivity contribution in [2.45, 2.75) is 368 Å². The van der Waals surface area contributed by atoms with E-state index in [1.54, 1.807) is 0 Å². The molecule has 2 N–H and O–H groups in total. The molecule has 0 spiro atoms. The molecule has 0 saturated carbocycles. The Balaban J connectivity index is 5.41. The lowest BCUT2D eigenvalue weighted by molar-refractivity contribution is -0.250. The first-order chi connectivity index (χ1) is 36.5. The third kappa shape index (κ3) is 49.0. The number of hydrogen-bond donors (Lipinski definition) is 2. The average molecular weight is 1090 g/mol. The molecular weight excluding hydrogens is 945 g/mol. The van der Waals surface area contributed by atoms with E-state index in [9.17, 15) is 10.2 Å². The first-order valence-corrected chi connectivity index (χ1v) is 34.8. The van der Waals surface area contributed by atoms with Crippen molar-refractivity contribution in [2.24, 2.45) is 82.9 Å². The van der Waals surface area contributed by atoms with Gasteiger partial charge in [-0.1, -0.05) is 201 Å². The fourth-order valence-electron chi connectivity index (χ4n) is 15.2. The van der Waals surface area contributed by atoms with E-state index in [1.165, 1.54) is 167 Å². The van der Waals surface area contributed by atoms with Crippen molar-refractivity contribution in [1.82, 2.24) is 0 Å². The van der Waals surface area contributed by atoms with Gasteiger partial charge in [0.2, 0.25) is 0 Å². The van der Waals surface area contributed by atoms with Crippen molar-refractivity contribution in [3.63, 3.8) is 0 Å². The first kappa shape index (κ1) is 76.8. The van der Waals surface area contributed by atoms with Gasteiger partial charge in [-0.05, 0) is 225 Å². The third-order valence-corrected chi connectivity index (χ3v) is 17.8. The molecule has 464 valence electrons. The van der Waals surface area contributed by atoms with Crippen LogP contribution in [0.15, 0.2) is 0 Å². The van der Waals surface area contributed by atoms with Crippen molar-refractivity contribution in [1.29, 1.82) is 0 Å².